The second kappa shape index (κ2) is 6.91. The maximum Gasteiger partial charge on any atom is 0.265 e. The fourth-order valence-corrected chi connectivity index (χ4v) is 3.47. The van der Waals surface area contributed by atoms with Gasteiger partial charge < -0.3 is 5.32 Å². The predicted octanol–water partition coefficient (Wildman–Crippen LogP) is 2.43. The average molecular weight is 438 g/mol. The maximum atomic E-state index is 12.3. The van der Waals surface area contributed by atoms with Crippen molar-refractivity contribution in [2.24, 2.45) is 0 Å². The van der Waals surface area contributed by atoms with Crippen LogP contribution >= 0.6 is 31.9 Å². The molecule has 0 saturated heterocycles. The molecule has 0 bridgehead atoms. The van der Waals surface area contributed by atoms with Gasteiger partial charge in [-0.15, -0.1) is 0 Å². The van der Waals surface area contributed by atoms with Crippen LogP contribution < -0.4 is 10.0 Å². The van der Waals surface area contributed by atoms with Crippen LogP contribution in [0.25, 0.3) is 0 Å². The topological polar surface area (TPSA) is 76.0 Å². The fraction of sp³-hybridized carbons (Fsp3) is 0.250. The van der Waals surface area contributed by atoms with Crippen molar-refractivity contribution in [3.8, 4) is 0 Å². The number of nitrogens with one attached hydrogen (secondary N) is 2. The van der Waals surface area contributed by atoms with Crippen LogP contribution in [0, 0.1) is 0 Å². The van der Waals surface area contributed by atoms with E-state index in [1.54, 1.807) is 16.8 Å². The van der Waals surface area contributed by atoms with E-state index >= 15 is 0 Å². The predicted molar refractivity (Wildman–Crippen MR) is 88.8 cm³/mol. The van der Waals surface area contributed by atoms with Crippen molar-refractivity contribution >= 4 is 47.6 Å². The lowest BCUT2D eigenvalue weighted by Gasteiger charge is -2.08. The van der Waals surface area contributed by atoms with Crippen LogP contribution in [-0.2, 0) is 16.6 Å². The number of sulfonamides is 1. The Morgan fingerprint density at radius 2 is 2.10 bits per heavy atom. The van der Waals surface area contributed by atoms with Gasteiger partial charge in [0, 0.05) is 21.7 Å². The summed E-state index contributed by atoms with van der Waals surface area (Å²) in [4.78, 5) is 0.130. The zero-order chi connectivity index (χ0) is 15.5. The molecule has 6 nitrogen and oxygen atoms in total. The van der Waals surface area contributed by atoms with Gasteiger partial charge in [0.2, 0.25) is 0 Å². The monoisotopic (exact) mass is 436 g/mol. The highest BCUT2D eigenvalue weighted by atomic mass is 79.9. The van der Waals surface area contributed by atoms with E-state index in [1.165, 1.54) is 12.4 Å². The molecule has 1 aromatic carbocycles. The van der Waals surface area contributed by atoms with Gasteiger partial charge in [-0.3, -0.25) is 9.40 Å². The normalized spacial score (nSPS) is 11.6. The van der Waals surface area contributed by atoms with E-state index in [2.05, 4.69) is 47.0 Å². The van der Waals surface area contributed by atoms with Gasteiger partial charge in [0.15, 0.2) is 0 Å². The molecule has 0 spiro atoms. The SMILES string of the molecule is CNCCn1cc(S(=O)(=O)Nc2cc(Br)ccc2Br)cn1. The first-order chi connectivity index (χ1) is 9.92. The number of likely N-dealkylation sites (N-methyl/N-ethyl adjacent to an activating group) is 1. The third-order valence-corrected chi connectivity index (χ3v) is 5.19. The second-order valence-electron chi connectivity index (χ2n) is 4.27. The van der Waals surface area contributed by atoms with Gasteiger partial charge in [-0.05, 0) is 41.2 Å². The van der Waals surface area contributed by atoms with E-state index in [0.717, 1.165) is 4.47 Å². The molecule has 0 aliphatic heterocycles. The highest BCUT2D eigenvalue weighted by Gasteiger charge is 2.18. The van der Waals surface area contributed by atoms with Crippen molar-refractivity contribution in [2.45, 2.75) is 11.4 Å². The van der Waals surface area contributed by atoms with Gasteiger partial charge in [0.25, 0.3) is 10.0 Å². The molecule has 2 aromatic rings. The molecule has 0 aliphatic rings. The molecule has 1 aromatic heterocycles. The lowest BCUT2D eigenvalue weighted by molar-refractivity contribution is 0.582. The van der Waals surface area contributed by atoms with Crippen molar-refractivity contribution < 1.29 is 8.42 Å². The quantitative estimate of drug-likeness (QED) is 0.727. The molecular weight excluding hydrogens is 424 g/mol. The first-order valence-corrected chi connectivity index (χ1v) is 9.14. The molecule has 21 heavy (non-hydrogen) atoms. The molecule has 114 valence electrons. The molecular formula is C12H14Br2N4O2S. The van der Waals surface area contributed by atoms with E-state index in [1.807, 2.05) is 13.1 Å². The Labute approximate surface area is 140 Å². The van der Waals surface area contributed by atoms with E-state index < -0.39 is 10.0 Å². The molecule has 9 heteroatoms. The third-order valence-electron chi connectivity index (χ3n) is 2.68. The minimum Gasteiger partial charge on any atom is -0.318 e. The fourth-order valence-electron chi connectivity index (χ4n) is 1.61. The number of aromatic nitrogens is 2. The largest absolute Gasteiger partial charge is 0.318 e. The molecule has 0 radical (unpaired) electrons. The molecule has 0 unspecified atom stereocenters. The van der Waals surface area contributed by atoms with Crippen LogP contribution in [0.4, 0.5) is 5.69 Å². The summed E-state index contributed by atoms with van der Waals surface area (Å²) in [5, 5.41) is 7.02. The maximum absolute atomic E-state index is 12.3. The molecule has 0 saturated carbocycles. The van der Waals surface area contributed by atoms with E-state index in [9.17, 15) is 8.42 Å². The van der Waals surface area contributed by atoms with Gasteiger partial charge in [0.05, 0.1) is 18.4 Å². The zero-order valence-corrected chi connectivity index (χ0v) is 15.2. The summed E-state index contributed by atoms with van der Waals surface area (Å²) >= 11 is 6.63. The Kier molecular flexibility index (Phi) is 5.42. The first-order valence-electron chi connectivity index (χ1n) is 6.07. The van der Waals surface area contributed by atoms with E-state index in [-0.39, 0.29) is 4.90 Å². The summed E-state index contributed by atoms with van der Waals surface area (Å²) in [5.41, 5.74) is 0.465. The summed E-state index contributed by atoms with van der Waals surface area (Å²) in [6.07, 6.45) is 2.84. The first kappa shape index (κ1) is 16.5. The Balaban J connectivity index is 2.22. The van der Waals surface area contributed by atoms with Crippen molar-refractivity contribution in [1.82, 2.24) is 15.1 Å². The van der Waals surface area contributed by atoms with Crippen molar-refractivity contribution in [2.75, 3.05) is 18.3 Å². The Morgan fingerprint density at radius 1 is 1.33 bits per heavy atom. The second-order valence-corrected chi connectivity index (χ2v) is 7.72. The molecule has 0 fully saturated rings. The number of hydrogen-bond acceptors (Lipinski definition) is 4. The molecule has 0 aliphatic carbocycles. The summed E-state index contributed by atoms with van der Waals surface area (Å²) in [6, 6.07) is 5.27. The van der Waals surface area contributed by atoms with Crippen LogP contribution in [0.5, 0.6) is 0 Å². The number of benzene rings is 1. The number of hydrogen-bond donors (Lipinski definition) is 2. The third kappa shape index (κ3) is 4.29. The highest BCUT2D eigenvalue weighted by Crippen LogP contribution is 2.28. The van der Waals surface area contributed by atoms with E-state index in [0.29, 0.717) is 23.2 Å². The standard InChI is InChI=1S/C12H14Br2N4O2S/c1-15-4-5-18-8-10(7-16-18)21(19,20)17-12-6-9(13)2-3-11(12)14/h2-3,6-8,15,17H,4-5H2,1H3. The van der Waals surface area contributed by atoms with Gasteiger partial charge in [-0.2, -0.15) is 5.10 Å². The minimum absolute atomic E-state index is 0.130. The number of rotatable bonds is 6. The summed E-state index contributed by atoms with van der Waals surface area (Å²) < 4.78 is 30.2. The molecule has 1 heterocycles. The highest BCUT2D eigenvalue weighted by molar-refractivity contribution is 9.11. The number of anilines is 1. The lowest BCUT2D eigenvalue weighted by Crippen LogP contribution is -2.15. The van der Waals surface area contributed by atoms with Crippen molar-refractivity contribution in [3.05, 3.63) is 39.5 Å². The minimum atomic E-state index is -3.66. The van der Waals surface area contributed by atoms with Crippen molar-refractivity contribution in [3.63, 3.8) is 0 Å². The Morgan fingerprint density at radius 3 is 2.81 bits per heavy atom. The Hall–Kier alpha value is -0.900. The molecule has 2 rings (SSSR count). The summed E-state index contributed by atoms with van der Waals surface area (Å²) in [5.74, 6) is 0. The molecule has 0 amide bonds. The summed E-state index contributed by atoms with van der Waals surface area (Å²) in [7, 11) is -1.83. The summed E-state index contributed by atoms with van der Waals surface area (Å²) in [6.45, 7) is 1.32. The van der Waals surface area contributed by atoms with Gasteiger partial charge >= 0.3 is 0 Å². The van der Waals surface area contributed by atoms with Crippen LogP contribution in [0.15, 0.2) is 44.4 Å². The molecule has 0 atom stereocenters. The van der Waals surface area contributed by atoms with Gasteiger partial charge in [0.1, 0.15) is 4.90 Å². The van der Waals surface area contributed by atoms with Crippen LogP contribution in [0.1, 0.15) is 0 Å². The molecule has 2 N–H and O–H groups in total. The van der Waals surface area contributed by atoms with Crippen molar-refractivity contribution in [1.29, 1.82) is 0 Å². The number of halogens is 2. The van der Waals surface area contributed by atoms with Crippen LogP contribution in [-0.4, -0.2) is 31.8 Å². The Bertz CT molecular complexity index is 731. The lowest BCUT2D eigenvalue weighted by atomic mass is 10.3. The van der Waals surface area contributed by atoms with Crippen LogP contribution in [0.2, 0.25) is 0 Å². The average Bonchev–Trinajstić information content (AvgIpc) is 2.90. The zero-order valence-electron chi connectivity index (χ0n) is 11.2. The van der Waals surface area contributed by atoms with Gasteiger partial charge in [-0.25, -0.2) is 8.42 Å². The smallest absolute Gasteiger partial charge is 0.265 e. The van der Waals surface area contributed by atoms with E-state index in [4.69, 9.17) is 0 Å². The van der Waals surface area contributed by atoms with Gasteiger partial charge in [-0.1, -0.05) is 15.9 Å². The number of nitrogens with zero attached hydrogens (tertiary/aromatic N) is 2. The van der Waals surface area contributed by atoms with Crippen LogP contribution in [0.3, 0.4) is 0 Å².